The van der Waals surface area contributed by atoms with Crippen LogP contribution in [0.5, 0.6) is 0 Å². The number of ether oxygens (including phenoxy) is 2. The van der Waals surface area contributed by atoms with E-state index < -0.39 is 23.3 Å². The van der Waals surface area contributed by atoms with Gasteiger partial charge in [-0.15, -0.1) is 0 Å². The van der Waals surface area contributed by atoms with Crippen molar-refractivity contribution in [3.05, 3.63) is 17.0 Å². The Bertz CT molecular complexity index is 710. The number of fused-ring (bicyclic) bond motifs is 1. The molecule has 1 aromatic rings. The predicted molar refractivity (Wildman–Crippen MR) is 93.8 cm³/mol. The molecule has 26 heavy (non-hydrogen) atoms. The molecule has 0 N–H and O–H groups in total. The quantitative estimate of drug-likeness (QED) is 0.603. The molecule has 8 heteroatoms. The molecular formula is C18H27N3O5. The molecule has 0 fully saturated rings. The monoisotopic (exact) mass is 365 g/mol. The molecule has 0 saturated heterocycles. The second-order valence-electron chi connectivity index (χ2n) is 8.28. The van der Waals surface area contributed by atoms with E-state index in [0.29, 0.717) is 30.5 Å². The minimum Gasteiger partial charge on any atom is -0.455 e. The smallest absolute Gasteiger partial charge is 0.410 e. The summed E-state index contributed by atoms with van der Waals surface area (Å²) in [6.07, 6.45) is 0.718. The van der Waals surface area contributed by atoms with Gasteiger partial charge in [-0.1, -0.05) is 0 Å². The Kier molecular flexibility index (Phi) is 5.44. The van der Waals surface area contributed by atoms with Crippen molar-refractivity contribution < 1.29 is 23.9 Å². The molecule has 0 spiro atoms. The van der Waals surface area contributed by atoms with Crippen LogP contribution in [-0.4, -0.2) is 50.8 Å². The lowest BCUT2D eigenvalue weighted by Crippen LogP contribution is -2.40. The summed E-state index contributed by atoms with van der Waals surface area (Å²) in [4.78, 5) is 37.5. The zero-order chi connectivity index (χ0) is 19.7. The molecule has 2 heterocycles. The molecule has 2 rings (SSSR count). The van der Waals surface area contributed by atoms with Crippen LogP contribution in [0.15, 0.2) is 0 Å². The SMILES string of the molecule is CC(C)(C)OC(=O)c1c2c(nn1CC=O)CCN(C(=O)OC(C)(C)C)C2. The number of nitrogens with zero attached hydrogens (tertiary/aromatic N) is 3. The van der Waals surface area contributed by atoms with Gasteiger partial charge in [-0.05, 0) is 41.5 Å². The second kappa shape index (κ2) is 7.09. The molecule has 0 radical (unpaired) electrons. The van der Waals surface area contributed by atoms with Gasteiger partial charge in [0.1, 0.15) is 17.5 Å². The summed E-state index contributed by atoms with van der Waals surface area (Å²) >= 11 is 0. The largest absolute Gasteiger partial charge is 0.455 e. The van der Waals surface area contributed by atoms with Crippen molar-refractivity contribution in [2.45, 2.75) is 72.3 Å². The Balaban J connectivity index is 2.33. The third-order valence-corrected chi connectivity index (χ3v) is 3.59. The van der Waals surface area contributed by atoms with Crippen LogP contribution in [0, 0.1) is 0 Å². The Hall–Kier alpha value is -2.38. The maximum Gasteiger partial charge on any atom is 0.410 e. The van der Waals surface area contributed by atoms with Crippen LogP contribution in [0.1, 0.15) is 63.3 Å². The lowest BCUT2D eigenvalue weighted by Gasteiger charge is -2.30. The van der Waals surface area contributed by atoms with Crippen LogP contribution in [0.3, 0.4) is 0 Å². The number of carbonyl (C=O) groups excluding carboxylic acids is 3. The summed E-state index contributed by atoms with van der Waals surface area (Å²) in [5.41, 5.74) is 0.244. The first-order valence-corrected chi connectivity index (χ1v) is 8.65. The molecule has 8 nitrogen and oxygen atoms in total. The molecule has 144 valence electrons. The van der Waals surface area contributed by atoms with Gasteiger partial charge in [0.25, 0.3) is 0 Å². The minimum absolute atomic E-state index is 0.0476. The summed E-state index contributed by atoms with van der Waals surface area (Å²) in [6.45, 7) is 11.3. The zero-order valence-electron chi connectivity index (χ0n) is 16.3. The van der Waals surface area contributed by atoms with Crippen molar-refractivity contribution in [2.75, 3.05) is 6.54 Å². The molecule has 0 bridgehead atoms. The molecule has 1 amide bonds. The van der Waals surface area contributed by atoms with E-state index in [1.807, 2.05) is 0 Å². The third-order valence-electron chi connectivity index (χ3n) is 3.59. The van der Waals surface area contributed by atoms with E-state index >= 15 is 0 Å². The molecule has 0 aliphatic carbocycles. The highest BCUT2D eigenvalue weighted by atomic mass is 16.6. The average molecular weight is 365 g/mol. The molecule has 0 unspecified atom stereocenters. The second-order valence-corrected chi connectivity index (χ2v) is 8.28. The van der Waals surface area contributed by atoms with Crippen LogP contribution in [0.4, 0.5) is 4.79 Å². The number of aldehydes is 1. The molecule has 1 aliphatic rings. The summed E-state index contributed by atoms with van der Waals surface area (Å²) in [5, 5.41) is 4.37. The topological polar surface area (TPSA) is 90.7 Å². The summed E-state index contributed by atoms with van der Waals surface area (Å²) < 4.78 is 12.2. The molecule has 0 atom stereocenters. The Morgan fingerprint density at radius 2 is 1.73 bits per heavy atom. The molecule has 1 aromatic heterocycles. The fourth-order valence-corrected chi connectivity index (χ4v) is 2.67. The summed E-state index contributed by atoms with van der Waals surface area (Å²) in [6, 6.07) is 0. The van der Waals surface area contributed by atoms with Crippen LogP contribution in [0.2, 0.25) is 0 Å². The van der Waals surface area contributed by atoms with Crippen LogP contribution in [0.25, 0.3) is 0 Å². The Morgan fingerprint density at radius 1 is 1.12 bits per heavy atom. The van der Waals surface area contributed by atoms with Gasteiger partial charge in [0.15, 0.2) is 5.69 Å². The van der Waals surface area contributed by atoms with Gasteiger partial charge in [0.2, 0.25) is 0 Å². The first-order valence-electron chi connectivity index (χ1n) is 8.65. The van der Waals surface area contributed by atoms with Gasteiger partial charge in [-0.25, -0.2) is 9.59 Å². The lowest BCUT2D eigenvalue weighted by molar-refractivity contribution is -0.108. The average Bonchev–Trinajstić information content (AvgIpc) is 2.81. The molecular weight excluding hydrogens is 338 g/mol. The van der Waals surface area contributed by atoms with Crippen molar-refractivity contribution in [1.82, 2.24) is 14.7 Å². The fraction of sp³-hybridized carbons (Fsp3) is 0.667. The van der Waals surface area contributed by atoms with Crippen molar-refractivity contribution in [3.63, 3.8) is 0 Å². The fourth-order valence-electron chi connectivity index (χ4n) is 2.67. The zero-order valence-corrected chi connectivity index (χ0v) is 16.3. The van der Waals surface area contributed by atoms with E-state index in [9.17, 15) is 14.4 Å². The van der Waals surface area contributed by atoms with Crippen LogP contribution in [-0.2, 0) is 33.8 Å². The van der Waals surface area contributed by atoms with Gasteiger partial charge in [0, 0.05) is 18.5 Å². The third kappa shape index (κ3) is 4.83. The highest BCUT2D eigenvalue weighted by molar-refractivity contribution is 5.90. The lowest BCUT2D eigenvalue weighted by atomic mass is 10.1. The molecule has 0 aromatic carbocycles. The summed E-state index contributed by atoms with van der Waals surface area (Å²) in [7, 11) is 0. The summed E-state index contributed by atoms with van der Waals surface area (Å²) in [5.74, 6) is -0.556. The Labute approximate surface area is 153 Å². The number of amides is 1. The number of rotatable bonds is 3. The number of carbonyl (C=O) groups is 3. The standard InChI is InChI=1S/C18H27N3O5/c1-17(2,3)25-15(23)14-12-11-20(16(24)26-18(4,5)6)8-7-13(12)19-21(14)9-10-22/h10H,7-9,11H2,1-6H3. The van der Waals surface area contributed by atoms with Crippen molar-refractivity contribution >= 4 is 18.3 Å². The van der Waals surface area contributed by atoms with E-state index in [-0.39, 0.29) is 18.8 Å². The number of hydrogen-bond donors (Lipinski definition) is 0. The van der Waals surface area contributed by atoms with E-state index in [1.165, 1.54) is 9.58 Å². The Morgan fingerprint density at radius 3 is 2.27 bits per heavy atom. The number of aromatic nitrogens is 2. The highest BCUT2D eigenvalue weighted by Crippen LogP contribution is 2.25. The first kappa shape index (κ1) is 19.9. The molecule has 0 saturated carbocycles. The van der Waals surface area contributed by atoms with E-state index in [0.717, 1.165) is 0 Å². The number of hydrogen-bond acceptors (Lipinski definition) is 6. The van der Waals surface area contributed by atoms with E-state index in [4.69, 9.17) is 9.47 Å². The molecule has 1 aliphatic heterocycles. The van der Waals surface area contributed by atoms with Crippen molar-refractivity contribution in [3.8, 4) is 0 Å². The van der Waals surface area contributed by atoms with Crippen LogP contribution < -0.4 is 0 Å². The van der Waals surface area contributed by atoms with Gasteiger partial charge in [-0.3, -0.25) is 4.68 Å². The van der Waals surface area contributed by atoms with Gasteiger partial charge in [-0.2, -0.15) is 5.10 Å². The van der Waals surface area contributed by atoms with Crippen molar-refractivity contribution in [1.29, 1.82) is 0 Å². The highest BCUT2D eigenvalue weighted by Gasteiger charge is 2.33. The van der Waals surface area contributed by atoms with Crippen molar-refractivity contribution in [2.24, 2.45) is 0 Å². The van der Waals surface area contributed by atoms with Gasteiger partial charge in [0.05, 0.1) is 18.8 Å². The predicted octanol–water partition coefficient (Wildman–Crippen LogP) is 2.33. The normalized spacial score (nSPS) is 14.6. The van der Waals surface area contributed by atoms with E-state index in [2.05, 4.69) is 5.10 Å². The van der Waals surface area contributed by atoms with Gasteiger partial charge >= 0.3 is 12.1 Å². The van der Waals surface area contributed by atoms with Crippen LogP contribution >= 0.6 is 0 Å². The maximum absolute atomic E-state index is 12.7. The minimum atomic E-state index is -0.681. The number of esters is 1. The first-order chi connectivity index (χ1) is 11.9. The van der Waals surface area contributed by atoms with E-state index in [1.54, 1.807) is 41.5 Å². The van der Waals surface area contributed by atoms with Gasteiger partial charge < -0.3 is 19.2 Å². The maximum atomic E-state index is 12.7.